The molecule has 1 amide bonds. The number of carbonyl (C=O) groups excluding carboxylic acids is 1. The van der Waals surface area contributed by atoms with E-state index >= 15 is 0 Å². The summed E-state index contributed by atoms with van der Waals surface area (Å²) in [6, 6.07) is 1.16. The maximum Gasteiger partial charge on any atom is 0.410 e. The standard InChI is InChI=1S/C21H31ClN4O6/c1-13-11-30-8-7-26(13)18-17(19(27)28)15(9-16(22)24-18)31-12-14-10-25(6-5-23-14)20(29)32-21(2,3)4/h9,13-14,23H,5-8,10-12H2,1-4H3,(H,27,28)/t13-,14+/m0/s1. The van der Waals surface area contributed by atoms with Crippen molar-refractivity contribution >= 4 is 29.5 Å². The summed E-state index contributed by atoms with van der Waals surface area (Å²) in [5.74, 6) is -0.741. The van der Waals surface area contributed by atoms with Crippen LogP contribution >= 0.6 is 11.6 Å². The van der Waals surface area contributed by atoms with Crippen LogP contribution in [0.4, 0.5) is 10.6 Å². The number of carboxylic acids is 1. The molecule has 0 spiro atoms. The number of morpholine rings is 1. The molecule has 178 valence electrons. The summed E-state index contributed by atoms with van der Waals surface area (Å²) in [6.45, 7) is 10.5. The smallest absolute Gasteiger partial charge is 0.410 e. The van der Waals surface area contributed by atoms with Crippen molar-refractivity contribution in [2.75, 3.05) is 50.9 Å². The van der Waals surface area contributed by atoms with Crippen LogP contribution in [-0.4, -0.2) is 90.7 Å². The van der Waals surface area contributed by atoms with E-state index in [0.717, 1.165) is 0 Å². The predicted octanol–water partition coefficient (Wildman–Crippen LogP) is 2.25. The fraction of sp³-hybridized carbons (Fsp3) is 0.667. The summed E-state index contributed by atoms with van der Waals surface area (Å²) >= 11 is 6.21. The molecule has 2 atom stereocenters. The van der Waals surface area contributed by atoms with Gasteiger partial charge in [-0.2, -0.15) is 0 Å². The zero-order valence-corrected chi connectivity index (χ0v) is 19.6. The van der Waals surface area contributed by atoms with Gasteiger partial charge in [-0.1, -0.05) is 11.6 Å². The summed E-state index contributed by atoms with van der Waals surface area (Å²) < 4.78 is 16.8. The van der Waals surface area contributed by atoms with Gasteiger partial charge in [0.1, 0.15) is 34.5 Å². The van der Waals surface area contributed by atoms with E-state index in [1.165, 1.54) is 6.07 Å². The van der Waals surface area contributed by atoms with E-state index < -0.39 is 11.6 Å². The Bertz CT molecular complexity index is 846. The number of aromatic carboxylic acids is 1. The third kappa shape index (κ3) is 6.14. The highest BCUT2D eigenvalue weighted by Gasteiger charge is 2.31. The Hall–Kier alpha value is -2.30. The second-order valence-electron chi connectivity index (χ2n) is 8.95. The van der Waals surface area contributed by atoms with E-state index in [1.807, 2.05) is 32.6 Å². The Morgan fingerprint density at radius 3 is 2.78 bits per heavy atom. The van der Waals surface area contributed by atoms with Crippen LogP contribution in [0.15, 0.2) is 6.07 Å². The molecular weight excluding hydrogens is 440 g/mol. The van der Waals surface area contributed by atoms with Crippen molar-refractivity contribution in [1.29, 1.82) is 0 Å². The summed E-state index contributed by atoms with van der Waals surface area (Å²) in [5.41, 5.74) is -0.617. The normalized spacial score (nSPS) is 21.9. The summed E-state index contributed by atoms with van der Waals surface area (Å²) in [7, 11) is 0. The first-order chi connectivity index (χ1) is 15.0. The van der Waals surface area contributed by atoms with Gasteiger partial charge < -0.3 is 34.4 Å². The van der Waals surface area contributed by atoms with Gasteiger partial charge in [0, 0.05) is 32.2 Å². The Labute approximate surface area is 192 Å². The number of hydrogen-bond donors (Lipinski definition) is 2. The number of pyridine rings is 1. The number of carboxylic acid groups (broad SMARTS) is 1. The minimum absolute atomic E-state index is 0.0389. The molecule has 0 aliphatic carbocycles. The van der Waals surface area contributed by atoms with Gasteiger partial charge in [0.15, 0.2) is 0 Å². The minimum atomic E-state index is -1.15. The molecule has 1 aromatic rings. The van der Waals surface area contributed by atoms with Crippen molar-refractivity contribution in [3.63, 3.8) is 0 Å². The number of hydrogen-bond acceptors (Lipinski definition) is 8. The lowest BCUT2D eigenvalue weighted by atomic mass is 10.1. The first-order valence-corrected chi connectivity index (χ1v) is 11.1. The fourth-order valence-corrected chi connectivity index (χ4v) is 3.84. The molecule has 2 N–H and O–H groups in total. The SMILES string of the molecule is C[C@H]1COCCN1c1nc(Cl)cc(OC[C@H]2CN(C(=O)OC(C)(C)C)CCN2)c1C(=O)O. The Morgan fingerprint density at radius 1 is 1.38 bits per heavy atom. The first kappa shape index (κ1) is 24.3. The lowest BCUT2D eigenvalue weighted by Gasteiger charge is -2.36. The minimum Gasteiger partial charge on any atom is -0.491 e. The van der Waals surface area contributed by atoms with E-state index in [2.05, 4.69) is 10.3 Å². The van der Waals surface area contributed by atoms with Crippen LogP contribution < -0.4 is 15.0 Å². The molecule has 2 aliphatic rings. The van der Waals surface area contributed by atoms with Gasteiger partial charge >= 0.3 is 12.1 Å². The first-order valence-electron chi connectivity index (χ1n) is 10.7. The van der Waals surface area contributed by atoms with E-state index in [0.29, 0.717) is 39.4 Å². The van der Waals surface area contributed by atoms with Crippen LogP contribution in [-0.2, 0) is 9.47 Å². The molecule has 3 heterocycles. The largest absolute Gasteiger partial charge is 0.491 e. The molecule has 0 saturated carbocycles. The van der Waals surface area contributed by atoms with Crippen LogP contribution in [0.5, 0.6) is 5.75 Å². The van der Waals surface area contributed by atoms with E-state index in [1.54, 1.807) is 4.90 Å². The van der Waals surface area contributed by atoms with Crippen LogP contribution in [0.25, 0.3) is 0 Å². The summed E-state index contributed by atoms with van der Waals surface area (Å²) in [5, 5.41) is 13.3. The molecule has 2 fully saturated rings. The fourth-order valence-electron chi connectivity index (χ4n) is 3.66. The second-order valence-corrected chi connectivity index (χ2v) is 9.34. The molecule has 32 heavy (non-hydrogen) atoms. The van der Waals surface area contributed by atoms with Gasteiger partial charge in [-0.15, -0.1) is 0 Å². The van der Waals surface area contributed by atoms with E-state index in [-0.39, 0.29) is 47.1 Å². The third-order valence-electron chi connectivity index (χ3n) is 5.13. The molecule has 0 unspecified atom stereocenters. The van der Waals surface area contributed by atoms with Gasteiger partial charge in [-0.25, -0.2) is 14.6 Å². The zero-order valence-electron chi connectivity index (χ0n) is 18.9. The molecule has 2 aliphatic heterocycles. The maximum absolute atomic E-state index is 12.4. The van der Waals surface area contributed by atoms with Crippen LogP contribution in [0, 0.1) is 0 Å². The Kier molecular flexibility index (Phi) is 7.68. The van der Waals surface area contributed by atoms with Crippen LogP contribution in [0.2, 0.25) is 5.15 Å². The Morgan fingerprint density at radius 2 is 2.12 bits per heavy atom. The number of rotatable bonds is 5. The predicted molar refractivity (Wildman–Crippen MR) is 119 cm³/mol. The average Bonchev–Trinajstić information content (AvgIpc) is 2.71. The topological polar surface area (TPSA) is 113 Å². The number of anilines is 1. The lowest BCUT2D eigenvalue weighted by molar-refractivity contribution is 0.0178. The van der Waals surface area contributed by atoms with Crippen molar-refractivity contribution in [2.24, 2.45) is 0 Å². The molecule has 0 radical (unpaired) electrons. The van der Waals surface area contributed by atoms with E-state index in [4.69, 9.17) is 25.8 Å². The molecule has 10 nitrogen and oxygen atoms in total. The highest BCUT2D eigenvalue weighted by Crippen LogP contribution is 2.32. The number of carbonyl (C=O) groups is 2. The molecular formula is C21H31ClN4O6. The van der Waals surface area contributed by atoms with Gasteiger partial charge in [-0.05, 0) is 27.7 Å². The number of aromatic nitrogens is 1. The quantitative estimate of drug-likeness (QED) is 0.625. The summed E-state index contributed by atoms with van der Waals surface area (Å²) in [4.78, 5) is 32.3. The average molecular weight is 471 g/mol. The number of nitrogens with one attached hydrogen (secondary N) is 1. The Balaban J connectivity index is 1.74. The number of nitrogens with zero attached hydrogens (tertiary/aromatic N) is 3. The monoisotopic (exact) mass is 470 g/mol. The van der Waals surface area contributed by atoms with Crippen molar-refractivity contribution in [2.45, 2.75) is 45.4 Å². The van der Waals surface area contributed by atoms with Crippen molar-refractivity contribution in [3.05, 3.63) is 16.8 Å². The lowest BCUT2D eigenvalue weighted by Crippen LogP contribution is -2.55. The molecule has 1 aromatic heterocycles. The number of amides is 1. The van der Waals surface area contributed by atoms with Crippen molar-refractivity contribution in [1.82, 2.24) is 15.2 Å². The number of piperazine rings is 1. The second kappa shape index (κ2) is 10.1. The van der Waals surface area contributed by atoms with Crippen LogP contribution in [0.3, 0.4) is 0 Å². The number of halogens is 1. The molecule has 0 aromatic carbocycles. The molecule has 11 heteroatoms. The maximum atomic E-state index is 12.4. The van der Waals surface area contributed by atoms with Crippen LogP contribution in [0.1, 0.15) is 38.1 Å². The summed E-state index contributed by atoms with van der Waals surface area (Å²) in [6.07, 6.45) is -0.384. The highest BCUT2D eigenvalue weighted by atomic mass is 35.5. The third-order valence-corrected chi connectivity index (χ3v) is 5.33. The van der Waals surface area contributed by atoms with Gasteiger partial charge in [0.25, 0.3) is 0 Å². The number of ether oxygens (including phenoxy) is 3. The van der Waals surface area contributed by atoms with Gasteiger partial charge in [-0.3, -0.25) is 0 Å². The van der Waals surface area contributed by atoms with Gasteiger partial charge in [0.05, 0.1) is 25.3 Å². The van der Waals surface area contributed by atoms with Crippen molar-refractivity contribution < 1.29 is 28.9 Å². The van der Waals surface area contributed by atoms with Gasteiger partial charge in [0.2, 0.25) is 0 Å². The highest BCUT2D eigenvalue weighted by molar-refractivity contribution is 6.29. The molecule has 0 bridgehead atoms. The molecule has 3 rings (SSSR count). The zero-order chi connectivity index (χ0) is 23.5. The molecule has 2 saturated heterocycles. The van der Waals surface area contributed by atoms with E-state index in [9.17, 15) is 14.7 Å². The van der Waals surface area contributed by atoms with Crippen molar-refractivity contribution in [3.8, 4) is 5.75 Å².